The first-order chi connectivity index (χ1) is 32.4. The zero-order valence-corrected chi connectivity index (χ0v) is 39.1. The minimum atomic E-state index is -0.699. The van der Waals surface area contributed by atoms with Crippen LogP contribution in [0.15, 0.2) is 72.9 Å². The number of imidazole rings is 2. The number of nitrogens with one attached hydrogen (secondary N) is 4. The van der Waals surface area contributed by atoms with Gasteiger partial charge in [0.15, 0.2) is 0 Å². The van der Waals surface area contributed by atoms with Crippen molar-refractivity contribution in [1.82, 2.24) is 40.4 Å². The minimum absolute atomic E-state index is 0.110. The zero-order valence-electron chi connectivity index (χ0n) is 39.1. The van der Waals surface area contributed by atoms with Gasteiger partial charge in [0.1, 0.15) is 23.7 Å². The van der Waals surface area contributed by atoms with Crippen LogP contribution in [0.3, 0.4) is 0 Å². The average Bonchev–Trinajstić information content (AvgIpc) is 4.18. The summed E-state index contributed by atoms with van der Waals surface area (Å²) >= 11 is 0. The van der Waals surface area contributed by atoms with Gasteiger partial charge in [0.25, 0.3) is 0 Å². The molecule has 14 nitrogen and oxygen atoms in total. The predicted molar refractivity (Wildman–Crippen MR) is 257 cm³/mol. The molecule has 0 spiro atoms. The molecule has 4 heterocycles. The van der Waals surface area contributed by atoms with Crippen LogP contribution in [0.4, 0.5) is 9.59 Å². The van der Waals surface area contributed by atoms with Crippen LogP contribution in [0.5, 0.6) is 0 Å². The minimum Gasteiger partial charge on any atom is -0.453 e. The number of ether oxygens (including phenoxy) is 2. The first-order valence-corrected chi connectivity index (χ1v) is 24.0. The number of aromatic nitrogens is 4. The Balaban J connectivity index is 0.948. The van der Waals surface area contributed by atoms with Crippen molar-refractivity contribution in [1.29, 1.82) is 0 Å². The van der Waals surface area contributed by atoms with E-state index in [2.05, 4.69) is 87.3 Å². The van der Waals surface area contributed by atoms with Crippen LogP contribution in [0, 0.1) is 17.8 Å². The van der Waals surface area contributed by atoms with Crippen LogP contribution in [0.2, 0.25) is 0 Å². The molecule has 4 N–H and O–H groups in total. The summed E-state index contributed by atoms with van der Waals surface area (Å²) in [4.78, 5) is 72.8. The van der Waals surface area contributed by atoms with Gasteiger partial charge in [0.2, 0.25) is 11.8 Å². The van der Waals surface area contributed by atoms with Crippen LogP contribution in [0.25, 0.3) is 55.3 Å². The van der Waals surface area contributed by atoms with E-state index in [-0.39, 0.29) is 35.7 Å². The quantitative estimate of drug-likeness (QED) is 0.0995. The van der Waals surface area contributed by atoms with E-state index in [0.29, 0.717) is 24.9 Å². The number of carbonyl (C=O) groups is 4. The number of nitrogens with zero attached hydrogens (tertiary/aromatic N) is 4. The second kappa shape index (κ2) is 17.8. The maximum Gasteiger partial charge on any atom is 0.407 e. The van der Waals surface area contributed by atoms with E-state index >= 15 is 0 Å². The van der Waals surface area contributed by atoms with Crippen molar-refractivity contribution < 1.29 is 28.7 Å². The number of amides is 4. The predicted octanol–water partition coefficient (Wildman–Crippen LogP) is 9.58. The number of alkyl carbamates (subject to hydrolysis) is 2. The van der Waals surface area contributed by atoms with Crippen molar-refractivity contribution in [3.63, 3.8) is 0 Å². The number of likely N-dealkylation sites (tertiary alicyclic amines) is 2. The van der Waals surface area contributed by atoms with Gasteiger partial charge in [-0.3, -0.25) is 9.59 Å². The van der Waals surface area contributed by atoms with Crippen LogP contribution in [-0.2, 0) is 25.5 Å². The lowest BCUT2D eigenvalue weighted by atomic mass is 9.73. The molecule has 3 fully saturated rings. The summed E-state index contributed by atoms with van der Waals surface area (Å²) in [5.41, 5.74) is 11.5. The van der Waals surface area contributed by atoms with Crippen molar-refractivity contribution in [2.24, 2.45) is 17.8 Å². The first-order valence-electron chi connectivity index (χ1n) is 24.0. The average molecular weight is 905 g/mol. The summed E-state index contributed by atoms with van der Waals surface area (Å²) in [6.07, 6.45) is 7.38. The number of rotatable bonds is 11. The highest BCUT2D eigenvalue weighted by atomic mass is 16.5. The summed E-state index contributed by atoms with van der Waals surface area (Å²) < 4.78 is 9.66. The molecule has 2 aliphatic carbocycles. The topological polar surface area (TPSA) is 175 Å². The normalized spacial score (nSPS) is 20.8. The zero-order chi connectivity index (χ0) is 46.7. The number of hydrogen-bond donors (Lipinski definition) is 4. The first kappa shape index (κ1) is 44.2. The second-order valence-corrected chi connectivity index (χ2v) is 19.5. The van der Waals surface area contributed by atoms with Gasteiger partial charge in [-0.25, -0.2) is 19.6 Å². The lowest BCUT2D eigenvalue weighted by Gasteiger charge is -2.32. The molecule has 1 saturated carbocycles. The fourth-order valence-corrected chi connectivity index (χ4v) is 11.4. The molecule has 0 radical (unpaired) electrons. The monoisotopic (exact) mass is 904 g/mol. The van der Waals surface area contributed by atoms with Crippen LogP contribution < -0.4 is 10.6 Å². The fourth-order valence-electron chi connectivity index (χ4n) is 11.4. The summed E-state index contributed by atoms with van der Waals surface area (Å²) in [5, 5.41) is 7.79. The Labute approximate surface area is 390 Å². The molecule has 0 bridgehead atoms. The summed E-state index contributed by atoms with van der Waals surface area (Å²) in [6, 6.07) is 22.4. The molecule has 4 aromatic carbocycles. The van der Waals surface area contributed by atoms with Gasteiger partial charge in [0, 0.05) is 18.7 Å². The van der Waals surface area contributed by atoms with E-state index in [4.69, 9.17) is 19.4 Å². The molecule has 4 amide bonds. The molecule has 14 heteroatoms. The molecule has 2 aromatic heterocycles. The lowest BCUT2D eigenvalue weighted by Crippen LogP contribution is -2.51. The molecule has 67 heavy (non-hydrogen) atoms. The number of fused-ring (bicyclic) bond motifs is 5. The van der Waals surface area contributed by atoms with E-state index in [0.717, 1.165) is 77.0 Å². The van der Waals surface area contributed by atoms with Crippen molar-refractivity contribution in [2.75, 3.05) is 27.3 Å². The van der Waals surface area contributed by atoms with Gasteiger partial charge in [-0.1, -0.05) is 82.3 Å². The van der Waals surface area contributed by atoms with Crippen molar-refractivity contribution in [3.05, 3.63) is 95.7 Å². The van der Waals surface area contributed by atoms with E-state index in [9.17, 15) is 19.2 Å². The number of hydrogen-bond acceptors (Lipinski definition) is 8. The molecular weight excluding hydrogens is 845 g/mol. The molecule has 4 aliphatic rings. The van der Waals surface area contributed by atoms with E-state index < -0.39 is 24.3 Å². The van der Waals surface area contributed by atoms with E-state index in [1.807, 2.05) is 43.7 Å². The van der Waals surface area contributed by atoms with Gasteiger partial charge >= 0.3 is 12.2 Å². The molecule has 348 valence electrons. The third-order valence-electron chi connectivity index (χ3n) is 15.0. The van der Waals surface area contributed by atoms with Gasteiger partial charge in [-0.05, 0) is 125 Å². The molecule has 2 saturated heterocycles. The highest BCUT2D eigenvalue weighted by Gasteiger charge is 2.43. The molecule has 6 aromatic rings. The van der Waals surface area contributed by atoms with E-state index in [1.165, 1.54) is 60.3 Å². The number of benzene rings is 4. The van der Waals surface area contributed by atoms with E-state index in [1.54, 1.807) is 0 Å². The Morgan fingerprint density at radius 1 is 0.687 bits per heavy atom. The summed E-state index contributed by atoms with van der Waals surface area (Å²) in [5.74, 6) is 2.18. The Bertz CT molecular complexity index is 2900. The fraction of sp³-hybridized carbons (Fsp3) is 0.434. The molecular formula is C53H60N8O6. The van der Waals surface area contributed by atoms with Crippen LogP contribution in [-0.4, -0.2) is 93.1 Å². The number of H-pyrrole nitrogens is 2. The second-order valence-electron chi connectivity index (χ2n) is 19.5. The summed E-state index contributed by atoms with van der Waals surface area (Å²) in [7, 11) is 2.61. The molecule has 2 unspecified atom stereocenters. The highest BCUT2D eigenvalue weighted by molar-refractivity contribution is 6.05. The van der Waals surface area contributed by atoms with Gasteiger partial charge in [-0.2, -0.15) is 0 Å². The molecule has 10 rings (SSSR count). The SMILES string of the molecule is COC(=O)N[C@H](C(=O)N1CCC[C@H]1c1ncc(-c2ccc(-c3ccc(-c4ccc5nc([C@@H]6CCCN6C(=O)[C@@H](NC(=O)OC)C(C)C)[nH]c5c4)c4c3C3CCC3C4)c3ccccc23)[nH]1)C(C)C. The molecule has 6 atom stereocenters. The van der Waals surface area contributed by atoms with Gasteiger partial charge < -0.3 is 39.9 Å². The maximum absolute atomic E-state index is 13.9. The third-order valence-corrected chi connectivity index (χ3v) is 15.0. The van der Waals surface area contributed by atoms with Crippen molar-refractivity contribution in [3.8, 4) is 33.5 Å². The Morgan fingerprint density at radius 2 is 1.28 bits per heavy atom. The third kappa shape index (κ3) is 7.87. The Hall–Kier alpha value is -6.70. The smallest absolute Gasteiger partial charge is 0.407 e. The Morgan fingerprint density at radius 3 is 1.90 bits per heavy atom. The standard InChI is InChI=1S/C53H60N8O6/c1-28(2)46(58-52(64)66-5)50(62)60-23-9-13-43(60)48-54-27-42(57-48)37-20-19-36(34-11-7-8-12-35(34)37)38-21-18-32(39-25-30-15-17-33(30)45(38)39)31-16-22-40-41(26-31)56-49(55-40)44-14-10-24-61(44)51(63)47(29(3)4)59-53(65)67-6/h7-8,11-12,16,18-22,26-30,33,43-44,46-47H,9-10,13-15,17,23-25H2,1-6H3,(H,54,57)(H,55,56)(H,58,64)(H,59,65)/t30?,33?,43-,44-,46-,47-/m0/s1. The summed E-state index contributed by atoms with van der Waals surface area (Å²) in [6.45, 7) is 8.88. The van der Waals surface area contributed by atoms with Gasteiger partial charge in [-0.15, -0.1) is 0 Å². The van der Waals surface area contributed by atoms with Gasteiger partial charge in [0.05, 0.1) is 49.2 Å². The number of carbonyl (C=O) groups excluding carboxylic acids is 4. The largest absolute Gasteiger partial charge is 0.453 e. The molecule has 2 aliphatic heterocycles. The van der Waals surface area contributed by atoms with Crippen LogP contribution >= 0.6 is 0 Å². The number of methoxy groups -OCH3 is 2. The van der Waals surface area contributed by atoms with Crippen molar-refractivity contribution in [2.45, 2.75) is 103 Å². The Kier molecular flexibility index (Phi) is 11.8. The van der Waals surface area contributed by atoms with Crippen LogP contribution in [0.1, 0.15) is 107 Å². The highest BCUT2D eigenvalue weighted by Crippen LogP contribution is 2.57. The maximum atomic E-state index is 13.9. The van der Waals surface area contributed by atoms with Crippen molar-refractivity contribution >= 4 is 45.8 Å². The number of aromatic amines is 2. The lowest BCUT2D eigenvalue weighted by molar-refractivity contribution is -0.136.